The molecule has 0 spiro atoms. The van der Waals surface area contributed by atoms with Gasteiger partial charge in [-0.25, -0.2) is 0 Å². The Labute approximate surface area is 120 Å². The lowest BCUT2D eigenvalue weighted by Gasteiger charge is -2.23. The Balaban J connectivity index is 1.71. The van der Waals surface area contributed by atoms with Crippen LogP contribution in [0.15, 0.2) is 0 Å². The predicted octanol–water partition coefficient (Wildman–Crippen LogP) is 0.640. The molecule has 2 fully saturated rings. The Morgan fingerprint density at radius 3 is 2.65 bits per heavy atom. The monoisotopic (exact) mass is 278 g/mol. The van der Waals surface area contributed by atoms with E-state index in [2.05, 4.69) is 16.7 Å². The lowest BCUT2D eigenvalue weighted by molar-refractivity contribution is -0.145. The van der Waals surface area contributed by atoms with Crippen molar-refractivity contribution in [2.24, 2.45) is 0 Å². The van der Waals surface area contributed by atoms with E-state index < -0.39 is 0 Å². The van der Waals surface area contributed by atoms with Crippen molar-refractivity contribution in [3.05, 3.63) is 0 Å². The molecule has 5 heteroatoms. The Kier molecular flexibility index (Phi) is 5.42. The molecule has 2 rings (SSSR count). The first-order valence-corrected chi connectivity index (χ1v) is 7.28. The SMILES string of the molecule is CC(=O)OC1CC(=O)N(CC#CCN2CCCCC2)C1. The average molecular weight is 278 g/mol. The second-order valence-electron chi connectivity index (χ2n) is 5.40. The lowest BCUT2D eigenvalue weighted by Crippen LogP contribution is -2.30. The third kappa shape index (κ3) is 4.53. The third-order valence-corrected chi connectivity index (χ3v) is 3.66. The van der Waals surface area contributed by atoms with Gasteiger partial charge >= 0.3 is 5.97 Å². The van der Waals surface area contributed by atoms with Crippen LogP contribution in [0, 0.1) is 11.8 Å². The number of likely N-dealkylation sites (tertiary alicyclic amines) is 2. The van der Waals surface area contributed by atoms with E-state index in [1.54, 1.807) is 4.90 Å². The van der Waals surface area contributed by atoms with Crippen LogP contribution < -0.4 is 0 Å². The molecule has 1 unspecified atom stereocenters. The van der Waals surface area contributed by atoms with Crippen LogP contribution in [-0.2, 0) is 14.3 Å². The highest BCUT2D eigenvalue weighted by molar-refractivity contribution is 5.80. The Morgan fingerprint density at radius 2 is 1.95 bits per heavy atom. The van der Waals surface area contributed by atoms with Gasteiger partial charge in [0.25, 0.3) is 0 Å². The lowest BCUT2D eigenvalue weighted by atomic mass is 10.1. The van der Waals surface area contributed by atoms with E-state index in [0.29, 0.717) is 13.1 Å². The van der Waals surface area contributed by atoms with Crippen molar-refractivity contribution in [3.8, 4) is 11.8 Å². The van der Waals surface area contributed by atoms with Crippen LogP contribution in [0.3, 0.4) is 0 Å². The fourth-order valence-corrected chi connectivity index (χ4v) is 2.64. The van der Waals surface area contributed by atoms with Crippen LogP contribution in [0.5, 0.6) is 0 Å². The van der Waals surface area contributed by atoms with Gasteiger partial charge in [0.05, 0.1) is 26.1 Å². The largest absolute Gasteiger partial charge is 0.460 e. The third-order valence-electron chi connectivity index (χ3n) is 3.66. The summed E-state index contributed by atoms with van der Waals surface area (Å²) in [6.07, 6.45) is 3.83. The molecular formula is C15H22N2O3. The highest BCUT2D eigenvalue weighted by Gasteiger charge is 2.30. The second kappa shape index (κ2) is 7.30. The average Bonchev–Trinajstić information content (AvgIpc) is 2.75. The zero-order valence-electron chi connectivity index (χ0n) is 12.1. The maximum Gasteiger partial charge on any atom is 0.302 e. The fraction of sp³-hybridized carbons (Fsp3) is 0.733. The van der Waals surface area contributed by atoms with Gasteiger partial charge in [-0.05, 0) is 25.9 Å². The quantitative estimate of drug-likeness (QED) is 0.561. The number of amides is 1. The summed E-state index contributed by atoms with van der Waals surface area (Å²) in [4.78, 5) is 26.6. The minimum Gasteiger partial charge on any atom is -0.460 e. The van der Waals surface area contributed by atoms with E-state index in [-0.39, 0.29) is 24.4 Å². The molecule has 0 aromatic carbocycles. The molecule has 0 aromatic rings. The van der Waals surface area contributed by atoms with Crippen molar-refractivity contribution in [1.29, 1.82) is 0 Å². The van der Waals surface area contributed by atoms with Gasteiger partial charge in [0.1, 0.15) is 6.10 Å². The molecule has 1 atom stereocenters. The molecule has 0 radical (unpaired) electrons. The standard InChI is InChI=1S/C15H22N2O3/c1-13(18)20-14-11-15(19)17(12-14)10-6-5-9-16-7-3-2-4-8-16/h14H,2-4,7-12H2,1H3. The predicted molar refractivity (Wildman–Crippen MR) is 74.8 cm³/mol. The number of hydrogen-bond acceptors (Lipinski definition) is 4. The fourth-order valence-electron chi connectivity index (χ4n) is 2.64. The summed E-state index contributed by atoms with van der Waals surface area (Å²) < 4.78 is 5.06. The molecule has 5 nitrogen and oxygen atoms in total. The van der Waals surface area contributed by atoms with Gasteiger partial charge in [-0.3, -0.25) is 14.5 Å². The van der Waals surface area contributed by atoms with Crippen LogP contribution >= 0.6 is 0 Å². The number of rotatable bonds is 3. The van der Waals surface area contributed by atoms with Crippen molar-refractivity contribution < 1.29 is 14.3 Å². The van der Waals surface area contributed by atoms with Gasteiger partial charge < -0.3 is 9.64 Å². The molecular weight excluding hydrogens is 256 g/mol. The van der Waals surface area contributed by atoms with Gasteiger partial charge in [-0.15, -0.1) is 0 Å². The zero-order valence-corrected chi connectivity index (χ0v) is 12.1. The highest BCUT2D eigenvalue weighted by Crippen LogP contribution is 2.13. The molecule has 20 heavy (non-hydrogen) atoms. The topological polar surface area (TPSA) is 49.9 Å². The Morgan fingerprint density at radius 1 is 1.25 bits per heavy atom. The van der Waals surface area contributed by atoms with Crippen LogP contribution in [0.4, 0.5) is 0 Å². The first kappa shape index (κ1) is 14.9. The van der Waals surface area contributed by atoms with Crippen LogP contribution in [-0.4, -0.2) is 60.5 Å². The molecule has 0 N–H and O–H groups in total. The number of carbonyl (C=O) groups excluding carboxylic acids is 2. The second-order valence-corrected chi connectivity index (χ2v) is 5.40. The van der Waals surface area contributed by atoms with Gasteiger partial charge in [0, 0.05) is 6.92 Å². The normalized spacial score (nSPS) is 23.4. The van der Waals surface area contributed by atoms with Crippen LogP contribution in [0.2, 0.25) is 0 Å². The Bertz CT molecular complexity index is 419. The summed E-state index contributed by atoms with van der Waals surface area (Å²) in [7, 11) is 0. The number of nitrogens with zero attached hydrogens (tertiary/aromatic N) is 2. The van der Waals surface area contributed by atoms with Crippen molar-refractivity contribution in [2.45, 2.75) is 38.7 Å². The minimum atomic E-state index is -0.333. The van der Waals surface area contributed by atoms with Gasteiger partial charge in [-0.2, -0.15) is 0 Å². The molecule has 2 saturated heterocycles. The molecule has 1 amide bonds. The van der Waals surface area contributed by atoms with Crippen molar-refractivity contribution in [3.63, 3.8) is 0 Å². The first-order valence-electron chi connectivity index (χ1n) is 7.28. The van der Waals surface area contributed by atoms with Crippen LogP contribution in [0.1, 0.15) is 32.6 Å². The Hall–Kier alpha value is -1.54. The van der Waals surface area contributed by atoms with E-state index in [1.165, 1.54) is 26.2 Å². The molecule has 2 aliphatic heterocycles. The first-order chi connectivity index (χ1) is 9.65. The smallest absolute Gasteiger partial charge is 0.302 e. The van der Waals surface area contributed by atoms with E-state index in [1.807, 2.05) is 0 Å². The van der Waals surface area contributed by atoms with Gasteiger partial charge in [-0.1, -0.05) is 18.3 Å². The molecule has 110 valence electrons. The van der Waals surface area contributed by atoms with E-state index in [0.717, 1.165) is 19.6 Å². The number of piperidine rings is 1. The van der Waals surface area contributed by atoms with Crippen molar-refractivity contribution in [1.82, 2.24) is 9.80 Å². The maximum atomic E-state index is 11.7. The molecule has 2 aliphatic rings. The van der Waals surface area contributed by atoms with Gasteiger partial charge in [0.2, 0.25) is 5.91 Å². The molecule has 0 bridgehead atoms. The zero-order chi connectivity index (χ0) is 14.4. The number of carbonyl (C=O) groups is 2. The minimum absolute atomic E-state index is 0.0172. The number of esters is 1. The summed E-state index contributed by atoms with van der Waals surface area (Å²) in [5.41, 5.74) is 0. The number of hydrogen-bond donors (Lipinski definition) is 0. The van der Waals surface area contributed by atoms with E-state index in [9.17, 15) is 9.59 Å². The van der Waals surface area contributed by atoms with Gasteiger partial charge in [0.15, 0.2) is 0 Å². The van der Waals surface area contributed by atoms with Crippen LogP contribution in [0.25, 0.3) is 0 Å². The molecule has 0 aromatic heterocycles. The molecule has 2 heterocycles. The molecule has 0 saturated carbocycles. The highest BCUT2D eigenvalue weighted by atomic mass is 16.5. The summed E-state index contributed by atoms with van der Waals surface area (Å²) >= 11 is 0. The summed E-state index contributed by atoms with van der Waals surface area (Å²) in [6, 6.07) is 0. The summed E-state index contributed by atoms with van der Waals surface area (Å²) in [5.74, 6) is 5.87. The van der Waals surface area contributed by atoms with Crippen molar-refractivity contribution in [2.75, 3.05) is 32.7 Å². The maximum absolute atomic E-state index is 11.7. The van der Waals surface area contributed by atoms with E-state index in [4.69, 9.17) is 4.74 Å². The number of ether oxygens (including phenoxy) is 1. The van der Waals surface area contributed by atoms with Crippen molar-refractivity contribution >= 4 is 11.9 Å². The summed E-state index contributed by atoms with van der Waals surface area (Å²) in [6.45, 7) is 5.32. The molecule has 0 aliphatic carbocycles. The van der Waals surface area contributed by atoms with E-state index >= 15 is 0 Å². The summed E-state index contributed by atoms with van der Waals surface area (Å²) in [5, 5.41) is 0.